The lowest BCUT2D eigenvalue weighted by Gasteiger charge is -2.11. The Hall–Kier alpha value is -3.87. The third-order valence-electron chi connectivity index (χ3n) is 5.45. The summed E-state index contributed by atoms with van der Waals surface area (Å²) in [6.45, 7) is 1.96. The zero-order chi connectivity index (χ0) is 22.3. The largest absolute Gasteiger partial charge is 0.416 e. The quantitative estimate of drug-likeness (QED) is 0.318. The molecule has 0 atom stereocenters. The van der Waals surface area contributed by atoms with Crippen LogP contribution in [0.1, 0.15) is 18.2 Å². The van der Waals surface area contributed by atoms with Crippen LogP contribution in [0.25, 0.3) is 33.1 Å². The maximum absolute atomic E-state index is 13.4. The first-order chi connectivity index (χ1) is 15.4. The normalized spacial score (nSPS) is 11.9. The molecule has 5 rings (SSSR count). The van der Waals surface area contributed by atoms with Gasteiger partial charge in [0, 0.05) is 27.4 Å². The number of benzene rings is 3. The predicted octanol–water partition coefficient (Wildman–Crippen LogP) is 7.10. The Kier molecular flexibility index (Phi) is 4.81. The van der Waals surface area contributed by atoms with E-state index in [9.17, 15) is 13.2 Å². The number of halogens is 3. The second kappa shape index (κ2) is 7.67. The summed E-state index contributed by atoms with van der Waals surface area (Å²) in [7, 11) is 0. The van der Waals surface area contributed by atoms with Crippen molar-refractivity contribution >= 4 is 33.3 Å². The van der Waals surface area contributed by atoms with E-state index in [2.05, 4.69) is 15.3 Å². The summed E-state index contributed by atoms with van der Waals surface area (Å²) in [6.07, 6.45) is -3.76. The van der Waals surface area contributed by atoms with Gasteiger partial charge in [-0.25, -0.2) is 9.97 Å². The average Bonchev–Trinajstić information content (AvgIpc) is 3.16. The van der Waals surface area contributed by atoms with Crippen LogP contribution >= 0.6 is 0 Å². The fourth-order valence-corrected chi connectivity index (χ4v) is 3.86. The molecule has 7 heteroatoms. The molecule has 4 nitrogen and oxygen atoms in total. The number of aromatic amines is 1. The first kappa shape index (κ1) is 20.1. The van der Waals surface area contributed by atoms with Gasteiger partial charge in [0.1, 0.15) is 11.6 Å². The van der Waals surface area contributed by atoms with E-state index in [1.165, 1.54) is 12.1 Å². The van der Waals surface area contributed by atoms with Gasteiger partial charge < -0.3 is 10.3 Å². The Morgan fingerprint density at radius 1 is 0.844 bits per heavy atom. The summed E-state index contributed by atoms with van der Waals surface area (Å²) in [5.74, 6) is 1.54. The number of nitrogens with zero attached hydrogens (tertiary/aromatic N) is 2. The summed E-state index contributed by atoms with van der Waals surface area (Å²) in [5, 5.41) is 5.26. The molecule has 5 aromatic rings. The van der Waals surface area contributed by atoms with Crippen molar-refractivity contribution in [2.24, 2.45) is 0 Å². The molecule has 160 valence electrons. The minimum Gasteiger partial charge on any atom is -0.344 e. The van der Waals surface area contributed by atoms with E-state index in [-0.39, 0.29) is 0 Å². The van der Waals surface area contributed by atoms with Gasteiger partial charge in [0.25, 0.3) is 0 Å². The third kappa shape index (κ3) is 3.56. The van der Waals surface area contributed by atoms with Gasteiger partial charge in [-0.3, -0.25) is 0 Å². The number of rotatable bonds is 4. The van der Waals surface area contributed by atoms with Crippen molar-refractivity contribution in [2.75, 3.05) is 5.32 Å². The average molecular weight is 432 g/mol. The second-order valence-electron chi connectivity index (χ2n) is 7.49. The van der Waals surface area contributed by atoms with Crippen LogP contribution in [-0.2, 0) is 12.6 Å². The smallest absolute Gasteiger partial charge is 0.344 e. The van der Waals surface area contributed by atoms with Crippen LogP contribution in [0, 0.1) is 0 Å². The Morgan fingerprint density at radius 3 is 2.34 bits per heavy atom. The van der Waals surface area contributed by atoms with Crippen molar-refractivity contribution in [3.63, 3.8) is 0 Å². The lowest BCUT2D eigenvalue weighted by molar-refractivity contribution is -0.137. The summed E-state index contributed by atoms with van der Waals surface area (Å²) in [4.78, 5) is 12.6. The van der Waals surface area contributed by atoms with E-state index in [1.807, 2.05) is 61.5 Å². The maximum atomic E-state index is 13.4. The number of aryl methyl sites for hydroxylation is 1. The van der Waals surface area contributed by atoms with Gasteiger partial charge in [-0.15, -0.1) is 0 Å². The Morgan fingerprint density at radius 2 is 1.59 bits per heavy atom. The number of alkyl halides is 3. The van der Waals surface area contributed by atoms with Crippen LogP contribution < -0.4 is 5.32 Å². The van der Waals surface area contributed by atoms with Crippen molar-refractivity contribution < 1.29 is 13.2 Å². The molecule has 0 spiro atoms. The van der Waals surface area contributed by atoms with E-state index in [0.717, 1.165) is 33.6 Å². The number of aromatic nitrogens is 3. The first-order valence-electron chi connectivity index (χ1n) is 10.2. The zero-order valence-corrected chi connectivity index (χ0v) is 17.2. The second-order valence-corrected chi connectivity index (χ2v) is 7.49. The Labute approximate surface area is 182 Å². The highest BCUT2D eigenvalue weighted by molar-refractivity contribution is 6.00. The van der Waals surface area contributed by atoms with E-state index in [4.69, 9.17) is 4.98 Å². The van der Waals surface area contributed by atoms with E-state index >= 15 is 0 Å². The van der Waals surface area contributed by atoms with Gasteiger partial charge in [0.05, 0.1) is 11.1 Å². The highest BCUT2D eigenvalue weighted by atomic mass is 19.4. The molecule has 0 radical (unpaired) electrons. The molecule has 3 aromatic carbocycles. The fourth-order valence-electron chi connectivity index (χ4n) is 3.86. The minimum atomic E-state index is -4.42. The number of nitrogens with one attached hydrogen (secondary N) is 2. The van der Waals surface area contributed by atoms with Crippen molar-refractivity contribution in [1.29, 1.82) is 0 Å². The molecular weight excluding hydrogens is 413 g/mol. The Bertz CT molecular complexity index is 1420. The summed E-state index contributed by atoms with van der Waals surface area (Å²) < 4.78 is 40.1. The molecule has 0 saturated carbocycles. The monoisotopic (exact) mass is 432 g/mol. The fraction of sp³-hybridized carbons (Fsp3) is 0.120. The van der Waals surface area contributed by atoms with Crippen LogP contribution in [0.3, 0.4) is 0 Å². The summed E-state index contributed by atoms with van der Waals surface area (Å²) in [6, 6.07) is 20.9. The van der Waals surface area contributed by atoms with E-state index < -0.39 is 11.7 Å². The maximum Gasteiger partial charge on any atom is 0.416 e. The molecule has 32 heavy (non-hydrogen) atoms. The van der Waals surface area contributed by atoms with Crippen LogP contribution in [0.15, 0.2) is 72.8 Å². The molecule has 0 fully saturated rings. The molecule has 0 saturated heterocycles. The van der Waals surface area contributed by atoms with Gasteiger partial charge in [-0.2, -0.15) is 13.2 Å². The lowest BCUT2D eigenvalue weighted by Crippen LogP contribution is -2.04. The van der Waals surface area contributed by atoms with Gasteiger partial charge >= 0.3 is 6.18 Å². The van der Waals surface area contributed by atoms with Crippen LogP contribution in [-0.4, -0.2) is 15.0 Å². The number of H-pyrrole nitrogens is 1. The molecule has 0 aliphatic carbocycles. The molecule has 0 aliphatic heterocycles. The lowest BCUT2D eigenvalue weighted by atomic mass is 10.1. The molecule has 0 unspecified atom stereocenters. The number of hydrogen-bond acceptors (Lipinski definition) is 3. The topological polar surface area (TPSA) is 53.6 Å². The van der Waals surface area contributed by atoms with Crippen molar-refractivity contribution in [2.45, 2.75) is 19.5 Å². The third-order valence-corrected chi connectivity index (χ3v) is 5.45. The van der Waals surface area contributed by atoms with Crippen LogP contribution in [0.5, 0.6) is 0 Å². The van der Waals surface area contributed by atoms with Gasteiger partial charge in [0.15, 0.2) is 5.82 Å². The van der Waals surface area contributed by atoms with Crippen molar-refractivity contribution in [3.05, 3.63) is 84.1 Å². The van der Waals surface area contributed by atoms with Gasteiger partial charge in [0.2, 0.25) is 0 Å². The number of fused-ring (bicyclic) bond motifs is 2. The molecule has 2 heterocycles. The molecule has 0 aliphatic rings. The molecule has 0 bridgehead atoms. The van der Waals surface area contributed by atoms with E-state index in [0.29, 0.717) is 29.3 Å². The summed E-state index contributed by atoms with van der Waals surface area (Å²) in [5.41, 5.74) is 1.77. The number of hydrogen-bond donors (Lipinski definition) is 2. The molecule has 2 aromatic heterocycles. The highest BCUT2D eigenvalue weighted by Gasteiger charge is 2.31. The Balaban J connectivity index is 1.69. The molecule has 2 N–H and O–H groups in total. The number of para-hydroxylation sites is 1. The van der Waals surface area contributed by atoms with Gasteiger partial charge in [-0.05, 0) is 30.7 Å². The standard InChI is InChI=1S/C25H19F3N4/c1-2-20-17-13-12-16(25(26,27)28)14-19(17)24(29-20)32-23-18-10-6-7-11-21(18)30-22(31-23)15-8-4-3-5-9-15/h3-14,29H,2H2,1H3,(H,30,31,32). The first-order valence-corrected chi connectivity index (χ1v) is 10.2. The molecule has 0 amide bonds. The van der Waals surface area contributed by atoms with Crippen molar-refractivity contribution in [3.8, 4) is 11.4 Å². The van der Waals surface area contributed by atoms with Crippen molar-refractivity contribution in [1.82, 2.24) is 15.0 Å². The SMILES string of the molecule is CCc1[nH]c(Nc2nc(-c3ccccc3)nc3ccccc23)c2cc(C(F)(F)F)ccc12. The minimum absolute atomic E-state index is 0.473. The summed E-state index contributed by atoms with van der Waals surface area (Å²) >= 11 is 0. The molecular formula is C25H19F3N4. The zero-order valence-electron chi connectivity index (χ0n) is 17.2. The van der Waals surface area contributed by atoms with E-state index in [1.54, 1.807) is 0 Å². The predicted molar refractivity (Wildman–Crippen MR) is 121 cm³/mol. The van der Waals surface area contributed by atoms with Crippen LogP contribution in [0.4, 0.5) is 24.8 Å². The van der Waals surface area contributed by atoms with Crippen LogP contribution in [0.2, 0.25) is 0 Å². The number of anilines is 2. The highest BCUT2D eigenvalue weighted by Crippen LogP contribution is 2.37. The van der Waals surface area contributed by atoms with Gasteiger partial charge in [-0.1, -0.05) is 55.5 Å².